The molecule has 0 fully saturated rings. The van der Waals surface area contributed by atoms with Gasteiger partial charge in [-0.05, 0) is 56.0 Å². The Kier molecular flexibility index (Phi) is 11.8. The SMILES string of the molecule is CN(C)Cc1ccnc(OC/C=C\CNC(=O)CCCNC(=S)NCc2ccccc2)c1. The van der Waals surface area contributed by atoms with Crippen molar-refractivity contribution in [2.45, 2.75) is 25.9 Å². The average molecular weight is 456 g/mol. The summed E-state index contributed by atoms with van der Waals surface area (Å²) in [5, 5.41) is 9.74. The third-order valence-corrected chi connectivity index (χ3v) is 4.66. The second-order valence-corrected chi connectivity index (χ2v) is 7.93. The highest BCUT2D eigenvalue weighted by atomic mass is 32.1. The molecular weight excluding hydrogens is 422 g/mol. The van der Waals surface area contributed by atoms with Crippen LogP contribution in [-0.2, 0) is 17.9 Å². The molecule has 2 rings (SSSR count). The lowest BCUT2D eigenvalue weighted by Gasteiger charge is -2.10. The van der Waals surface area contributed by atoms with Crippen LogP contribution >= 0.6 is 12.2 Å². The number of nitrogens with zero attached hydrogens (tertiary/aromatic N) is 2. The second kappa shape index (κ2) is 14.9. The van der Waals surface area contributed by atoms with Gasteiger partial charge in [-0.1, -0.05) is 36.4 Å². The topological polar surface area (TPSA) is 78.5 Å². The van der Waals surface area contributed by atoms with Gasteiger partial charge in [0.25, 0.3) is 0 Å². The largest absolute Gasteiger partial charge is 0.473 e. The predicted octanol–water partition coefficient (Wildman–Crippen LogP) is 2.64. The first-order valence-electron chi connectivity index (χ1n) is 10.7. The molecule has 0 saturated heterocycles. The Morgan fingerprint density at radius 2 is 1.91 bits per heavy atom. The van der Waals surface area contributed by atoms with E-state index in [2.05, 4.69) is 25.8 Å². The second-order valence-electron chi connectivity index (χ2n) is 7.53. The fourth-order valence-electron chi connectivity index (χ4n) is 2.83. The molecule has 8 heteroatoms. The van der Waals surface area contributed by atoms with Crippen LogP contribution in [0.5, 0.6) is 5.88 Å². The molecule has 0 unspecified atom stereocenters. The van der Waals surface area contributed by atoms with E-state index in [0.29, 0.717) is 50.1 Å². The van der Waals surface area contributed by atoms with Crippen molar-refractivity contribution in [1.82, 2.24) is 25.8 Å². The van der Waals surface area contributed by atoms with E-state index in [1.807, 2.05) is 68.7 Å². The predicted molar refractivity (Wildman–Crippen MR) is 132 cm³/mol. The van der Waals surface area contributed by atoms with Crippen LogP contribution in [-0.4, -0.2) is 54.7 Å². The molecule has 0 aliphatic heterocycles. The Morgan fingerprint density at radius 1 is 1.09 bits per heavy atom. The fraction of sp³-hybridized carbons (Fsp3) is 0.375. The summed E-state index contributed by atoms with van der Waals surface area (Å²) in [6.07, 6.45) is 6.66. The zero-order chi connectivity index (χ0) is 23.0. The lowest BCUT2D eigenvalue weighted by molar-refractivity contribution is -0.120. The number of hydrogen-bond donors (Lipinski definition) is 3. The third-order valence-electron chi connectivity index (χ3n) is 4.37. The van der Waals surface area contributed by atoms with E-state index in [-0.39, 0.29) is 5.91 Å². The van der Waals surface area contributed by atoms with Crippen molar-refractivity contribution < 1.29 is 9.53 Å². The van der Waals surface area contributed by atoms with Crippen LogP contribution in [0.15, 0.2) is 60.8 Å². The number of thiocarbonyl (C=S) groups is 1. The summed E-state index contributed by atoms with van der Waals surface area (Å²) in [6, 6.07) is 14.0. The normalized spacial score (nSPS) is 10.8. The van der Waals surface area contributed by atoms with Gasteiger partial charge in [-0.15, -0.1) is 0 Å². The minimum Gasteiger partial charge on any atom is -0.473 e. The van der Waals surface area contributed by atoms with Crippen LogP contribution in [0.25, 0.3) is 0 Å². The van der Waals surface area contributed by atoms with Crippen molar-refractivity contribution in [2.24, 2.45) is 0 Å². The Bertz CT molecular complexity index is 858. The van der Waals surface area contributed by atoms with Crippen molar-refractivity contribution in [3.8, 4) is 5.88 Å². The Morgan fingerprint density at radius 3 is 2.69 bits per heavy atom. The van der Waals surface area contributed by atoms with Gasteiger partial charge in [0, 0.05) is 44.9 Å². The number of carbonyl (C=O) groups excluding carboxylic acids is 1. The molecule has 1 aromatic carbocycles. The van der Waals surface area contributed by atoms with Crippen LogP contribution < -0.4 is 20.7 Å². The van der Waals surface area contributed by atoms with E-state index < -0.39 is 0 Å². The molecule has 0 aliphatic carbocycles. The summed E-state index contributed by atoms with van der Waals surface area (Å²) >= 11 is 5.25. The van der Waals surface area contributed by atoms with Gasteiger partial charge >= 0.3 is 0 Å². The monoisotopic (exact) mass is 455 g/mol. The van der Waals surface area contributed by atoms with Gasteiger partial charge in [-0.25, -0.2) is 4.98 Å². The van der Waals surface area contributed by atoms with E-state index in [1.165, 1.54) is 5.56 Å². The molecule has 0 spiro atoms. The third kappa shape index (κ3) is 11.4. The number of carbonyl (C=O) groups is 1. The maximum atomic E-state index is 11.9. The smallest absolute Gasteiger partial charge is 0.220 e. The summed E-state index contributed by atoms with van der Waals surface area (Å²) in [7, 11) is 4.04. The van der Waals surface area contributed by atoms with E-state index in [9.17, 15) is 4.79 Å². The van der Waals surface area contributed by atoms with E-state index in [4.69, 9.17) is 17.0 Å². The molecule has 3 N–H and O–H groups in total. The Hall–Kier alpha value is -2.97. The van der Waals surface area contributed by atoms with Crippen molar-refractivity contribution >= 4 is 23.2 Å². The van der Waals surface area contributed by atoms with Crippen molar-refractivity contribution in [1.29, 1.82) is 0 Å². The number of hydrogen-bond acceptors (Lipinski definition) is 5. The van der Waals surface area contributed by atoms with Crippen molar-refractivity contribution in [3.05, 3.63) is 71.9 Å². The lowest BCUT2D eigenvalue weighted by atomic mass is 10.2. The highest BCUT2D eigenvalue weighted by Crippen LogP contribution is 2.10. The number of pyridine rings is 1. The number of rotatable bonds is 13. The number of benzene rings is 1. The van der Waals surface area contributed by atoms with E-state index in [0.717, 1.165) is 12.1 Å². The number of nitrogens with one attached hydrogen (secondary N) is 3. The molecule has 1 heterocycles. The minimum atomic E-state index is 0.0126. The number of ether oxygens (including phenoxy) is 1. The molecular formula is C24H33N5O2S. The van der Waals surface area contributed by atoms with E-state index >= 15 is 0 Å². The van der Waals surface area contributed by atoms with Crippen LogP contribution in [0.1, 0.15) is 24.0 Å². The van der Waals surface area contributed by atoms with Crippen LogP contribution in [0.4, 0.5) is 0 Å². The lowest BCUT2D eigenvalue weighted by Crippen LogP contribution is -2.35. The van der Waals surface area contributed by atoms with Gasteiger partial charge in [-0.3, -0.25) is 4.79 Å². The summed E-state index contributed by atoms with van der Waals surface area (Å²) in [4.78, 5) is 18.2. The summed E-state index contributed by atoms with van der Waals surface area (Å²) in [6.45, 7) is 3.05. The molecule has 0 aliphatic rings. The molecule has 0 atom stereocenters. The first-order chi connectivity index (χ1) is 15.5. The highest BCUT2D eigenvalue weighted by molar-refractivity contribution is 7.80. The number of amides is 1. The molecule has 0 saturated carbocycles. The molecule has 32 heavy (non-hydrogen) atoms. The quantitative estimate of drug-likeness (QED) is 0.243. The van der Waals surface area contributed by atoms with Gasteiger partial charge in [0.2, 0.25) is 11.8 Å². The van der Waals surface area contributed by atoms with Gasteiger partial charge in [0.15, 0.2) is 5.11 Å². The van der Waals surface area contributed by atoms with Crippen LogP contribution in [0.3, 0.4) is 0 Å². The average Bonchev–Trinajstić information content (AvgIpc) is 2.78. The van der Waals surface area contributed by atoms with Crippen molar-refractivity contribution in [3.63, 3.8) is 0 Å². The maximum absolute atomic E-state index is 11.9. The van der Waals surface area contributed by atoms with Gasteiger partial charge in [0.05, 0.1) is 0 Å². The molecule has 0 radical (unpaired) electrons. The summed E-state index contributed by atoms with van der Waals surface area (Å²) in [5.41, 5.74) is 2.32. The van der Waals surface area contributed by atoms with Gasteiger partial charge in [0.1, 0.15) is 6.61 Å². The first-order valence-corrected chi connectivity index (χ1v) is 11.1. The zero-order valence-corrected chi connectivity index (χ0v) is 19.7. The molecule has 7 nitrogen and oxygen atoms in total. The summed E-state index contributed by atoms with van der Waals surface area (Å²) < 4.78 is 5.63. The number of aromatic nitrogens is 1. The van der Waals surface area contributed by atoms with Crippen LogP contribution in [0, 0.1) is 0 Å². The molecule has 0 bridgehead atoms. The molecule has 1 aromatic heterocycles. The van der Waals surface area contributed by atoms with Gasteiger partial charge in [-0.2, -0.15) is 0 Å². The highest BCUT2D eigenvalue weighted by Gasteiger charge is 2.01. The van der Waals surface area contributed by atoms with E-state index in [1.54, 1.807) is 6.20 Å². The van der Waals surface area contributed by atoms with Crippen LogP contribution in [0.2, 0.25) is 0 Å². The Labute approximate surface area is 196 Å². The Balaban J connectivity index is 1.49. The van der Waals surface area contributed by atoms with Crippen molar-refractivity contribution in [2.75, 3.05) is 33.8 Å². The first kappa shape index (κ1) is 25.3. The maximum Gasteiger partial charge on any atom is 0.220 e. The van der Waals surface area contributed by atoms with Gasteiger partial charge < -0.3 is 25.6 Å². The molecule has 2 aromatic rings. The molecule has 1 amide bonds. The zero-order valence-electron chi connectivity index (χ0n) is 18.8. The molecule has 172 valence electrons. The standard InChI is InChI=1S/C24H33N5O2S/c1-29(2)19-21-12-15-26-23(17-21)31-16-7-6-13-25-22(30)11-8-14-27-24(32)28-18-20-9-4-3-5-10-20/h3-7,9-10,12,15,17H,8,11,13-14,16,18-19H2,1-2H3,(H,25,30)(H2,27,28,32)/b7-6-. The minimum absolute atomic E-state index is 0.0126. The fourth-order valence-corrected chi connectivity index (χ4v) is 3.00. The summed E-state index contributed by atoms with van der Waals surface area (Å²) in [5.74, 6) is 0.611.